The van der Waals surface area contributed by atoms with Crippen LogP contribution < -0.4 is 20.9 Å². The first-order chi connectivity index (χ1) is 18.6. The fraction of sp³-hybridized carbons (Fsp3) is 0.500. The van der Waals surface area contributed by atoms with E-state index in [1.807, 2.05) is 32.9 Å². The highest BCUT2D eigenvalue weighted by atomic mass is 16.6. The molecule has 0 saturated carbocycles. The molecule has 0 aromatic heterocycles. The number of hydrogen-bond acceptors (Lipinski definition) is 7. The highest BCUT2D eigenvalue weighted by Crippen LogP contribution is 2.30. The van der Waals surface area contributed by atoms with Crippen LogP contribution in [0.15, 0.2) is 42.5 Å². The first kappa shape index (κ1) is 26.8. The van der Waals surface area contributed by atoms with Gasteiger partial charge in [0.1, 0.15) is 11.6 Å². The number of imide groups is 1. The first-order valence-corrected chi connectivity index (χ1v) is 13.9. The van der Waals surface area contributed by atoms with Gasteiger partial charge < -0.3 is 25.2 Å². The third kappa shape index (κ3) is 6.64. The zero-order valence-corrected chi connectivity index (χ0v) is 23.1. The highest BCUT2D eigenvalue weighted by molar-refractivity contribution is 6.01. The van der Waals surface area contributed by atoms with Crippen LogP contribution in [0, 0.1) is 0 Å². The lowest BCUT2D eigenvalue weighted by atomic mass is 9.96. The average Bonchev–Trinajstić information content (AvgIpc) is 2.90. The molecule has 3 aliphatic heterocycles. The van der Waals surface area contributed by atoms with Gasteiger partial charge >= 0.3 is 6.09 Å². The van der Waals surface area contributed by atoms with E-state index in [0.29, 0.717) is 32.0 Å². The Morgan fingerprint density at radius 1 is 0.949 bits per heavy atom. The van der Waals surface area contributed by atoms with Crippen molar-refractivity contribution in [3.05, 3.63) is 53.6 Å². The topological polar surface area (TPSA) is 103 Å². The van der Waals surface area contributed by atoms with Gasteiger partial charge in [-0.25, -0.2) is 4.79 Å². The summed E-state index contributed by atoms with van der Waals surface area (Å²) in [6.07, 6.45) is 3.50. The molecular formula is C30H39N5O4. The van der Waals surface area contributed by atoms with Crippen LogP contribution in [0.25, 0.3) is 0 Å². The van der Waals surface area contributed by atoms with Crippen molar-refractivity contribution in [3.63, 3.8) is 0 Å². The van der Waals surface area contributed by atoms with Gasteiger partial charge in [0, 0.05) is 55.7 Å². The minimum Gasteiger partial charge on any atom is -0.444 e. The molecule has 3 aliphatic rings. The molecule has 1 unspecified atom stereocenters. The van der Waals surface area contributed by atoms with Crippen molar-refractivity contribution in [1.82, 2.24) is 10.2 Å². The molecule has 2 saturated heterocycles. The van der Waals surface area contributed by atoms with E-state index in [0.717, 1.165) is 38.0 Å². The lowest BCUT2D eigenvalue weighted by Gasteiger charge is -2.36. The van der Waals surface area contributed by atoms with Gasteiger partial charge in [-0.2, -0.15) is 0 Å². The maximum atomic E-state index is 12.6. The second-order valence-electron chi connectivity index (χ2n) is 11.7. The molecule has 0 spiro atoms. The van der Waals surface area contributed by atoms with E-state index in [2.05, 4.69) is 51.2 Å². The number of anilines is 3. The van der Waals surface area contributed by atoms with Crippen LogP contribution in [0.5, 0.6) is 0 Å². The molecule has 5 rings (SSSR count). The standard InChI is InChI=1S/C30H39N5O4/c1-30(2,3)39-29(38)35-18-15-24-20(19-35)5-4-6-25(24)31-22-13-16-34(17-14-22)23-9-7-21(8-10-23)32-26-11-12-27(36)33-28(26)37/h4-10,22,26,31-32H,11-19H2,1-3H3,(H,33,36,37). The summed E-state index contributed by atoms with van der Waals surface area (Å²) in [7, 11) is 0. The van der Waals surface area contributed by atoms with E-state index in [-0.39, 0.29) is 23.9 Å². The van der Waals surface area contributed by atoms with E-state index >= 15 is 0 Å². The summed E-state index contributed by atoms with van der Waals surface area (Å²) < 4.78 is 5.57. The van der Waals surface area contributed by atoms with Crippen molar-refractivity contribution in [2.75, 3.05) is 35.2 Å². The molecule has 1 atom stereocenters. The smallest absolute Gasteiger partial charge is 0.410 e. The van der Waals surface area contributed by atoms with Gasteiger partial charge in [0.15, 0.2) is 0 Å². The van der Waals surface area contributed by atoms with Crippen LogP contribution in [0.1, 0.15) is 57.6 Å². The maximum absolute atomic E-state index is 12.6. The molecule has 3 N–H and O–H groups in total. The summed E-state index contributed by atoms with van der Waals surface area (Å²) in [5, 5.41) is 9.42. The molecule has 39 heavy (non-hydrogen) atoms. The van der Waals surface area contributed by atoms with Crippen LogP contribution in [0.3, 0.4) is 0 Å². The Labute approximate surface area is 230 Å². The fourth-order valence-corrected chi connectivity index (χ4v) is 5.53. The Hall–Kier alpha value is -3.75. The Kier molecular flexibility index (Phi) is 7.68. The second kappa shape index (κ2) is 11.2. The Bertz CT molecular complexity index is 1210. The zero-order valence-electron chi connectivity index (χ0n) is 23.1. The van der Waals surface area contributed by atoms with E-state index < -0.39 is 5.60 Å². The summed E-state index contributed by atoms with van der Waals surface area (Å²) >= 11 is 0. The van der Waals surface area contributed by atoms with Crippen molar-refractivity contribution >= 4 is 35.0 Å². The molecule has 0 aliphatic carbocycles. The van der Waals surface area contributed by atoms with Gasteiger partial charge in [0.05, 0.1) is 0 Å². The summed E-state index contributed by atoms with van der Waals surface area (Å²) in [4.78, 5) is 40.1. The number of nitrogens with one attached hydrogen (secondary N) is 3. The molecule has 2 aromatic rings. The monoisotopic (exact) mass is 533 g/mol. The average molecular weight is 534 g/mol. The summed E-state index contributed by atoms with van der Waals surface area (Å²) in [5.41, 5.74) is 5.22. The Morgan fingerprint density at radius 3 is 2.38 bits per heavy atom. The molecular weight excluding hydrogens is 494 g/mol. The van der Waals surface area contributed by atoms with Crippen molar-refractivity contribution in [3.8, 4) is 0 Å². The van der Waals surface area contributed by atoms with Gasteiger partial charge in [0.2, 0.25) is 11.8 Å². The number of nitrogens with zero attached hydrogens (tertiary/aromatic N) is 2. The van der Waals surface area contributed by atoms with Crippen LogP contribution in [0.4, 0.5) is 21.9 Å². The normalized spacial score (nSPS) is 20.2. The zero-order chi connectivity index (χ0) is 27.6. The Balaban J connectivity index is 1.13. The summed E-state index contributed by atoms with van der Waals surface area (Å²) in [6.45, 7) is 8.84. The largest absolute Gasteiger partial charge is 0.444 e. The predicted molar refractivity (Wildman–Crippen MR) is 152 cm³/mol. The minimum atomic E-state index is -0.496. The molecule has 9 heteroatoms. The number of carbonyl (C=O) groups is 3. The van der Waals surface area contributed by atoms with Gasteiger partial charge in [-0.15, -0.1) is 0 Å². The predicted octanol–water partition coefficient (Wildman–Crippen LogP) is 4.28. The third-order valence-corrected chi connectivity index (χ3v) is 7.58. The summed E-state index contributed by atoms with van der Waals surface area (Å²) in [6, 6.07) is 14.5. The van der Waals surface area contributed by atoms with Crippen LogP contribution >= 0.6 is 0 Å². The highest BCUT2D eigenvalue weighted by Gasteiger charge is 2.28. The van der Waals surface area contributed by atoms with E-state index in [4.69, 9.17) is 4.74 Å². The van der Waals surface area contributed by atoms with E-state index in [9.17, 15) is 14.4 Å². The SMILES string of the molecule is CC(C)(C)OC(=O)N1CCc2c(cccc2NC2CCN(c3ccc(NC4CCC(=O)NC4=O)cc3)CC2)C1. The molecule has 3 amide bonds. The number of hydrogen-bond donors (Lipinski definition) is 3. The molecule has 208 valence electrons. The number of fused-ring (bicyclic) bond motifs is 1. The number of benzene rings is 2. The van der Waals surface area contributed by atoms with Crippen molar-refractivity contribution in [2.45, 2.75) is 77.1 Å². The molecule has 2 aromatic carbocycles. The second-order valence-corrected chi connectivity index (χ2v) is 11.7. The van der Waals surface area contributed by atoms with Crippen molar-refractivity contribution in [2.24, 2.45) is 0 Å². The molecule has 3 heterocycles. The third-order valence-electron chi connectivity index (χ3n) is 7.58. The first-order valence-electron chi connectivity index (χ1n) is 13.9. The van der Waals surface area contributed by atoms with Crippen LogP contribution in [0.2, 0.25) is 0 Å². The summed E-state index contributed by atoms with van der Waals surface area (Å²) in [5.74, 6) is -0.465. The molecule has 0 radical (unpaired) electrons. The fourth-order valence-electron chi connectivity index (χ4n) is 5.53. The maximum Gasteiger partial charge on any atom is 0.410 e. The van der Waals surface area contributed by atoms with Gasteiger partial charge in [-0.1, -0.05) is 12.1 Å². The molecule has 2 fully saturated rings. The van der Waals surface area contributed by atoms with Crippen LogP contribution in [-0.4, -0.2) is 60.1 Å². The number of amides is 3. The van der Waals surface area contributed by atoms with Crippen molar-refractivity contribution in [1.29, 1.82) is 0 Å². The van der Waals surface area contributed by atoms with Gasteiger partial charge in [0.25, 0.3) is 0 Å². The van der Waals surface area contributed by atoms with Gasteiger partial charge in [-0.05, 0) is 87.9 Å². The molecule has 0 bridgehead atoms. The van der Waals surface area contributed by atoms with Crippen LogP contribution in [-0.2, 0) is 27.3 Å². The van der Waals surface area contributed by atoms with Crippen molar-refractivity contribution < 1.29 is 19.1 Å². The number of ether oxygens (including phenoxy) is 1. The van der Waals surface area contributed by atoms with E-state index in [1.54, 1.807) is 4.90 Å². The lowest BCUT2D eigenvalue weighted by molar-refractivity contribution is -0.133. The number of carbonyl (C=O) groups excluding carboxylic acids is 3. The quantitative estimate of drug-likeness (QED) is 0.493. The van der Waals surface area contributed by atoms with E-state index in [1.165, 1.54) is 22.5 Å². The molecule has 9 nitrogen and oxygen atoms in total. The lowest BCUT2D eigenvalue weighted by Crippen LogP contribution is -2.47. The number of rotatable bonds is 5. The Morgan fingerprint density at radius 2 is 1.69 bits per heavy atom. The van der Waals surface area contributed by atoms with Gasteiger partial charge in [-0.3, -0.25) is 14.9 Å². The number of piperidine rings is 2. The minimum absolute atomic E-state index is 0.205.